The molecule has 0 aliphatic carbocycles. The van der Waals surface area contributed by atoms with E-state index in [0.29, 0.717) is 10.6 Å². The first-order valence-corrected chi connectivity index (χ1v) is 9.54. The van der Waals surface area contributed by atoms with Gasteiger partial charge >= 0.3 is 0 Å². The van der Waals surface area contributed by atoms with Gasteiger partial charge in [-0.1, -0.05) is 17.7 Å². The summed E-state index contributed by atoms with van der Waals surface area (Å²) in [7, 11) is -4.01. The van der Waals surface area contributed by atoms with Crippen LogP contribution in [-0.4, -0.2) is 19.2 Å². The molecule has 2 aromatic carbocycles. The van der Waals surface area contributed by atoms with Crippen LogP contribution < -0.4 is 4.72 Å². The van der Waals surface area contributed by atoms with E-state index in [1.165, 1.54) is 67.0 Å². The highest BCUT2D eigenvalue weighted by Gasteiger charge is 2.20. The number of aromatic nitrogens is 1. The summed E-state index contributed by atoms with van der Waals surface area (Å²) in [6.07, 6.45) is 2.93. The standard InChI is InChI=1S/C19H12ClN3O3S/c20-15-4-5-18(17(11-15)19(24)14-6-8-22-9-7-14)23-27(25,26)16-3-1-2-13(10-16)12-21/h1-11,23H. The number of benzene rings is 2. The van der Waals surface area contributed by atoms with Crippen molar-refractivity contribution >= 4 is 33.1 Å². The number of carbonyl (C=O) groups excluding carboxylic acids is 1. The van der Waals surface area contributed by atoms with E-state index in [0.717, 1.165) is 0 Å². The highest BCUT2D eigenvalue weighted by molar-refractivity contribution is 7.92. The zero-order chi connectivity index (χ0) is 19.4. The molecule has 0 fully saturated rings. The topological polar surface area (TPSA) is 99.9 Å². The second-order valence-electron chi connectivity index (χ2n) is 5.50. The molecule has 1 heterocycles. The third-order valence-corrected chi connectivity index (χ3v) is 5.28. The first kappa shape index (κ1) is 18.6. The predicted molar refractivity (Wildman–Crippen MR) is 101 cm³/mol. The maximum absolute atomic E-state index is 12.8. The molecule has 6 nitrogen and oxygen atoms in total. The van der Waals surface area contributed by atoms with Gasteiger partial charge in [-0.25, -0.2) is 8.42 Å². The van der Waals surface area contributed by atoms with E-state index in [1.54, 1.807) is 0 Å². The second-order valence-corrected chi connectivity index (χ2v) is 7.62. The molecule has 0 aliphatic rings. The summed E-state index contributed by atoms with van der Waals surface area (Å²) in [6.45, 7) is 0. The summed E-state index contributed by atoms with van der Waals surface area (Å²) in [5, 5.41) is 9.25. The van der Waals surface area contributed by atoms with Gasteiger partial charge in [0.1, 0.15) is 0 Å². The van der Waals surface area contributed by atoms with Crippen molar-refractivity contribution in [2.24, 2.45) is 0 Å². The van der Waals surface area contributed by atoms with Gasteiger partial charge < -0.3 is 0 Å². The van der Waals surface area contributed by atoms with Gasteiger partial charge in [-0.2, -0.15) is 5.26 Å². The molecule has 0 aliphatic heterocycles. The molecule has 0 saturated carbocycles. The predicted octanol–water partition coefficient (Wildman–Crippen LogP) is 3.64. The SMILES string of the molecule is N#Cc1cccc(S(=O)(=O)Nc2ccc(Cl)cc2C(=O)c2ccncc2)c1. The molecule has 3 aromatic rings. The molecule has 134 valence electrons. The van der Waals surface area contributed by atoms with Crippen molar-refractivity contribution in [1.29, 1.82) is 5.26 Å². The summed E-state index contributed by atoms with van der Waals surface area (Å²) in [5.74, 6) is -0.400. The lowest BCUT2D eigenvalue weighted by Crippen LogP contribution is -2.16. The molecule has 0 radical (unpaired) electrons. The molecule has 27 heavy (non-hydrogen) atoms. The fourth-order valence-corrected chi connectivity index (χ4v) is 3.69. The van der Waals surface area contributed by atoms with E-state index in [2.05, 4.69) is 9.71 Å². The zero-order valence-corrected chi connectivity index (χ0v) is 15.3. The molecule has 0 unspecified atom stereocenters. The van der Waals surface area contributed by atoms with E-state index in [4.69, 9.17) is 16.9 Å². The fraction of sp³-hybridized carbons (Fsp3) is 0. The number of carbonyl (C=O) groups is 1. The lowest BCUT2D eigenvalue weighted by Gasteiger charge is -2.13. The van der Waals surface area contributed by atoms with Crippen molar-refractivity contribution in [2.75, 3.05) is 4.72 Å². The molecule has 0 amide bonds. The van der Waals surface area contributed by atoms with E-state index < -0.39 is 15.8 Å². The van der Waals surface area contributed by atoms with Crippen LogP contribution in [-0.2, 0) is 10.0 Å². The van der Waals surface area contributed by atoms with E-state index >= 15 is 0 Å². The number of nitriles is 1. The van der Waals surface area contributed by atoms with Crippen LogP contribution in [0.15, 0.2) is 71.9 Å². The summed E-state index contributed by atoms with van der Waals surface area (Å²) >= 11 is 6.00. The highest BCUT2D eigenvalue weighted by atomic mass is 35.5. The minimum atomic E-state index is -4.01. The number of hydrogen-bond donors (Lipinski definition) is 1. The van der Waals surface area contributed by atoms with Crippen LogP contribution >= 0.6 is 11.6 Å². The molecule has 0 spiro atoms. The van der Waals surface area contributed by atoms with Gasteiger partial charge in [0.25, 0.3) is 10.0 Å². The monoisotopic (exact) mass is 397 g/mol. The van der Waals surface area contributed by atoms with Crippen molar-refractivity contribution in [3.63, 3.8) is 0 Å². The first-order valence-electron chi connectivity index (χ1n) is 7.68. The Kier molecular flexibility index (Phi) is 5.21. The van der Waals surface area contributed by atoms with Crippen molar-refractivity contribution < 1.29 is 13.2 Å². The minimum absolute atomic E-state index is 0.0844. The van der Waals surface area contributed by atoms with Crippen LogP contribution in [0, 0.1) is 11.3 Å². The van der Waals surface area contributed by atoms with Crippen LogP contribution in [0.1, 0.15) is 21.5 Å². The number of pyridine rings is 1. The molecule has 3 rings (SSSR count). The Bertz CT molecular complexity index is 1160. The Morgan fingerprint density at radius 3 is 2.52 bits per heavy atom. The molecule has 1 aromatic heterocycles. The number of sulfonamides is 1. The lowest BCUT2D eigenvalue weighted by molar-refractivity contribution is 0.103. The third-order valence-electron chi connectivity index (χ3n) is 3.69. The van der Waals surface area contributed by atoms with Crippen molar-refractivity contribution in [3.8, 4) is 6.07 Å². The summed E-state index contributed by atoms with van der Waals surface area (Å²) in [4.78, 5) is 16.6. The van der Waals surface area contributed by atoms with E-state index in [1.807, 2.05) is 6.07 Å². The van der Waals surface area contributed by atoms with Gasteiger partial charge in [0.05, 0.1) is 22.2 Å². The van der Waals surface area contributed by atoms with Gasteiger partial charge in [0.2, 0.25) is 0 Å². The molecular formula is C19H12ClN3O3S. The Hall–Kier alpha value is -3.21. The average Bonchev–Trinajstić information content (AvgIpc) is 2.69. The third kappa shape index (κ3) is 4.14. The van der Waals surface area contributed by atoms with Crippen molar-refractivity contribution in [1.82, 2.24) is 4.98 Å². The van der Waals surface area contributed by atoms with Gasteiger partial charge in [-0.15, -0.1) is 0 Å². The van der Waals surface area contributed by atoms with Crippen molar-refractivity contribution in [2.45, 2.75) is 4.90 Å². The van der Waals surface area contributed by atoms with Crippen LogP contribution in [0.5, 0.6) is 0 Å². The van der Waals surface area contributed by atoms with E-state index in [9.17, 15) is 13.2 Å². The Morgan fingerprint density at radius 2 is 1.81 bits per heavy atom. The molecule has 8 heteroatoms. The quantitative estimate of drug-likeness (QED) is 0.662. The van der Waals surface area contributed by atoms with Crippen molar-refractivity contribution in [3.05, 3.63) is 88.7 Å². The first-order chi connectivity index (χ1) is 12.9. The summed E-state index contributed by atoms with van der Waals surface area (Å²) in [6, 6.07) is 14.8. The average molecular weight is 398 g/mol. The maximum Gasteiger partial charge on any atom is 0.261 e. The van der Waals surface area contributed by atoms with Gasteiger partial charge in [-0.05, 0) is 48.5 Å². The minimum Gasteiger partial charge on any atom is -0.289 e. The number of rotatable bonds is 5. The fourth-order valence-electron chi connectivity index (χ4n) is 2.39. The van der Waals surface area contributed by atoms with Gasteiger partial charge in [0, 0.05) is 28.5 Å². The molecule has 0 saturated heterocycles. The normalized spacial score (nSPS) is 10.8. The van der Waals surface area contributed by atoms with Crippen LogP contribution in [0.2, 0.25) is 5.02 Å². The lowest BCUT2D eigenvalue weighted by atomic mass is 10.0. The largest absolute Gasteiger partial charge is 0.289 e. The van der Waals surface area contributed by atoms with Gasteiger partial charge in [0.15, 0.2) is 5.78 Å². The number of hydrogen-bond acceptors (Lipinski definition) is 5. The van der Waals surface area contributed by atoms with E-state index in [-0.39, 0.29) is 21.7 Å². The summed E-state index contributed by atoms with van der Waals surface area (Å²) < 4.78 is 27.8. The number of anilines is 1. The summed E-state index contributed by atoms with van der Waals surface area (Å²) in [5.41, 5.74) is 0.749. The highest BCUT2D eigenvalue weighted by Crippen LogP contribution is 2.26. The number of halogens is 1. The maximum atomic E-state index is 12.8. The Balaban J connectivity index is 2.02. The second kappa shape index (κ2) is 7.58. The molecule has 0 bridgehead atoms. The van der Waals surface area contributed by atoms with Crippen LogP contribution in [0.4, 0.5) is 5.69 Å². The van der Waals surface area contributed by atoms with Gasteiger partial charge in [-0.3, -0.25) is 14.5 Å². The van der Waals surface area contributed by atoms with Crippen LogP contribution in [0.3, 0.4) is 0 Å². The molecular weight excluding hydrogens is 386 g/mol. The zero-order valence-electron chi connectivity index (χ0n) is 13.8. The smallest absolute Gasteiger partial charge is 0.261 e. The molecule has 0 atom stereocenters. The Morgan fingerprint density at radius 1 is 1.07 bits per heavy atom. The number of nitrogens with one attached hydrogen (secondary N) is 1. The van der Waals surface area contributed by atoms with Crippen LogP contribution in [0.25, 0.3) is 0 Å². The Labute approximate surface area is 161 Å². The number of nitrogens with zero attached hydrogens (tertiary/aromatic N) is 2. The molecule has 1 N–H and O–H groups in total. The number of ketones is 1.